The van der Waals surface area contributed by atoms with Gasteiger partial charge >= 0.3 is 0 Å². The zero-order valence-electron chi connectivity index (χ0n) is 18.7. The van der Waals surface area contributed by atoms with Gasteiger partial charge in [0.1, 0.15) is 5.82 Å². The minimum atomic E-state index is -0.460. The van der Waals surface area contributed by atoms with Crippen molar-refractivity contribution < 1.29 is 9.18 Å². The molecular formula is C25H33FN4O. The zero-order chi connectivity index (χ0) is 22.0. The maximum Gasteiger partial charge on any atom is 0.252 e. The molecule has 2 heterocycles. The molecule has 0 spiro atoms. The number of benzene rings is 1. The van der Waals surface area contributed by atoms with Crippen molar-refractivity contribution in [2.45, 2.75) is 70.6 Å². The number of nitrogens with zero attached hydrogens (tertiary/aromatic N) is 3. The number of anilines is 1. The highest BCUT2D eigenvalue weighted by Gasteiger charge is 2.38. The molecule has 2 aliphatic rings. The second-order valence-corrected chi connectivity index (χ2v) is 9.37. The van der Waals surface area contributed by atoms with Crippen molar-refractivity contribution in [2.24, 2.45) is 11.7 Å². The Morgan fingerprint density at radius 3 is 2.45 bits per heavy atom. The summed E-state index contributed by atoms with van der Waals surface area (Å²) in [4.78, 5) is 24.5. The van der Waals surface area contributed by atoms with E-state index in [2.05, 4.69) is 11.8 Å². The van der Waals surface area contributed by atoms with Crippen molar-refractivity contribution in [3.05, 3.63) is 52.6 Å². The second-order valence-electron chi connectivity index (χ2n) is 9.37. The van der Waals surface area contributed by atoms with Crippen LogP contribution in [0.2, 0.25) is 0 Å². The van der Waals surface area contributed by atoms with E-state index in [1.165, 1.54) is 18.6 Å². The van der Waals surface area contributed by atoms with E-state index in [0.717, 1.165) is 68.1 Å². The number of piperidine rings is 1. The van der Waals surface area contributed by atoms with Crippen LogP contribution in [0.25, 0.3) is 0 Å². The van der Waals surface area contributed by atoms with E-state index in [9.17, 15) is 9.18 Å². The van der Waals surface area contributed by atoms with E-state index in [0.29, 0.717) is 24.3 Å². The van der Waals surface area contributed by atoms with Crippen molar-refractivity contribution in [3.8, 4) is 0 Å². The molecular weight excluding hydrogens is 391 g/mol. The van der Waals surface area contributed by atoms with Gasteiger partial charge in [-0.2, -0.15) is 0 Å². The lowest BCUT2D eigenvalue weighted by atomic mass is 9.74. The molecule has 0 radical (unpaired) electrons. The molecule has 1 amide bonds. The maximum absolute atomic E-state index is 13.6. The monoisotopic (exact) mass is 424 g/mol. The number of carbonyl (C=O) groups excluding carboxylic acids is 1. The third kappa shape index (κ3) is 4.43. The Morgan fingerprint density at radius 2 is 1.84 bits per heavy atom. The molecule has 1 aliphatic carbocycles. The summed E-state index contributed by atoms with van der Waals surface area (Å²) in [5, 5.41) is 0. The summed E-state index contributed by atoms with van der Waals surface area (Å²) in [7, 11) is 0. The highest BCUT2D eigenvalue weighted by atomic mass is 19.1. The lowest BCUT2D eigenvalue weighted by Gasteiger charge is -2.33. The van der Waals surface area contributed by atoms with Crippen molar-refractivity contribution in [2.75, 3.05) is 18.0 Å². The lowest BCUT2D eigenvalue weighted by molar-refractivity contribution is 0.0997. The Hall–Kier alpha value is -2.50. The molecule has 1 aromatic heterocycles. The van der Waals surface area contributed by atoms with Crippen LogP contribution in [0.5, 0.6) is 0 Å². The fourth-order valence-corrected chi connectivity index (χ4v) is 5.47. The highest BCUT2D eigenvalue weighted by Crippen LogP contribution is 2.44. The van der Waals surface area contributed by atoms with Crippen molar-refractivity contribution in [1.29, 1.82) is 0 Å². The topological polar surface area (TPSA) is 72.1 Å². The van der Waals surface area contributed by atoms with Gasteiger partial charge in [0.2, 0.25) is 5.95 Å². The quantitative estimate of drug-likeness (QED) is 0.737. The molecule has 31 heavy (non-hydrogen) atoms. The largest absolute Gasteiger partial charge is 0.365 e. The van der Waals surface area contributed by atoms with E-state index in [1.807, 2.05) is 19.1 Å². The van der Waals surface area contributed by atoms with Gasteiger partial charge in [0.25, 0.3) is 5.91 Å². The van der Waals surface area contributed by atoms with Gasteiger partial charge in [-0.05, 0) is 55.7 Å². The van der Waals surface area contributed by atoms with Crippen LogP contribution in [0.4, 0.5) is 10.3 Å². The molecule has 1 aliphatic heterocycles. The first-order valence-electron chi connectivity index (χ1n) is 11.6. The van der Waals surface area contributed by atoms with Gasteiger partial charge in [0.15, 0.2) is 0 Å². The maximum atomic E-state index is 13.6. The normalized spacial score (nSPS) is 20.7. The fourth-order valence-electron chi connectivity index (χ4n) is 5.47. The van der Waals surface area contributed by atoms with E-state index < -0.39 is 5.91 Å². The van der Waals surface area contributed by atoms with Crippen LogP contribution in [0.1, 0.15) is 79.7 Å². The summed E-state index contributed by atoms with van der Waals surface area (Å²) < 4.78 is 13.6. The Labute approximate surface area is 184 Å². The first kappa shape index (κ1) is 21.7. The number of rotatable bonds is 6. The number of amides is 1. The number of aromatic nitrogens is 2. The minimum absolute atomic E-state index is 0.149. The number of primary amides is 1. The van der Waals surface area contributed by atoms with Crippen LogP contribution in [0.15, 0.2) is 24.3 Å². The van der Waals surface area contributed by atoms with Gasteiger partial charge in [-0.25, -0.2) is 14.4 Å². The SMILES string of the molecule is CCc1nc(N2CCCC(C)C2)nc(CC2(c3ccc(F)cc3)CCCC2)c1C(N)=O. The number of hydrogen-bond donors (Lipinski definition) is 1. The summed E-state index contributed by atoms with van der Waals surface area (Å²) in [5.74, 6) is 0.627. The number of aryl methyl sites for hydroxylation is 1. The standard InChI is InChI=1S/C25H33FN4O/c1-3-20-22(23(27)31)21(29-24(28-20)30-14-6-7-17(2)16-30)15-25(12-4-5-13-25)18-8-10-19(26)11-9-18/h8-11,17H,3-7,12-16H2,1-2H3,(H2,27,31). The summed E-state index contributed by atoms with van der Waals surface area (Å²) in [6.07, 6.45) is 7.83. The molecule has 2 fully saturated rings. The van der Waals surface area contributed by atoms with E-state index in [1.54, 1.807) is 0 Å². The van der Waals surface area contributed by atoms with Gasteiger partial charge in [-0.1, -0.05) is 38.8 Å². The van der Waals surface area contributed by atoms with Crippen LogP contribution in [0, 0.1) is 11.7 Å². The van der Waals surface area contributed by atoms with Crippen molar-refractivity contribution >= 4 is 11.9 Å². The van der Waals surface area contributed by atoms with Crippen LogP contribution >= 0.6 is 0 Å². The predicted octanol–water partition coefficient (Wildman–Crippen LogP) is 4.57. The molecule has 166 valence electrons. The number of carbonyl (C=O) groups is 1. The van der Waals surface area contributed by atoms with Crippen LogP contribution in [-0.2, 0) is 18.3 Å². The Bertz CT molecular complexity index is 937. The second kappa shape index (κ2) is 8.93. The third-order valence-electron chi connectivity index (χ3n) is 7.09. The number of hydrogen-bond acceptors (Lipinski definition) is 4. The molecule has 6 heteroatoms. The average molecular weight is 425 g/mol. The fraction of sp³-hybridized carbons (Fsp3) is 0.560. The van der Waals surface area contributed by atoms with E-state index in [-0.39, 0.29) is 11.2 Å². The lowest BCUT2D eigenvalue weighted by Crippen LogP contribution is -2.37. The molecule has 1 unspecified atom stereocenters. The summed E-state index contributed by atoms with van der Waals surface area (Å²) in [5.41, 5.74) is 8.76. The summed E-state index contributed by atoms with van der Waals surface area (Å²) in [6, 6.07) is 6.84. The molecule has 1 saturated heterocycles. The van der Waals surface area contributed by atoms with Gasteiger partial charge in [0.05, 0.1) is 17.0 Å². The van der Waals surface area contributed by atoms with Gasteiger partial charge in [0, 0.05) is 24.9 Å². The molecule has 4 rings (SSSR count). The molecule has 0 bridgehead atoms. The zero-order valence-corrected chi connectivity index (χ0v) is 18.7. The average Bonchev–Trinajstić information content (AvgIpc) is 3.23. The molecule has 1 atom stereocenters. The third-order valence-corrected chi connectivity index (χ3v) is 7.09. The first-order chi connectivity index (χ1) is 14.9. The molecule has 2 aromatic rings. The number of halogens is 1. The van der Waals surface area contributed by atoms with Gasteiger partial charge in [-0.15, -0.1) is 0 Å². The smallest absolute Gasteiger partial charge is 0.252 e. The van der Waals surface area contributed by atoms with E-state index >= 15 is 0 Å². The van der Waals surface area contributed by atoms with Crippen molar-refractivity contribution in [1.82, 2.24) is 9.97 Å². The summed E-state index contributed by atoms with van der Waals surface area (Å²) >= 11 is 0. The van der Waals surface area contributed by atoms with Crippen LogP contribution in [-0.4, -0.2) is 29.0 Å². The predicted molar refractivity (Wildman–Crippen MR) is 121 cm³/mol. The van der Waals surface area contributed by atoms with Gasteiger partial charge < -0.3 is 10.6 Å². The number of nitrogens with two attached hydrogens (primary N) is 1. The Kier molecular flexibility index (Phi) is 6.26. The summed E-state index contributed by atoms with van der Waals surface area (Å²) in [6.45, 7) is 6.13. The van der Waals surface area contributed by atoms with Gasteiger partial charge in [-0.3, -0.25) is 4.79 Å². The van der Waals surface area contributed by atoms with Crippen LogP contribution < -0.4 is 10.6 Å². The molecule has 5 nitrogen and oxygen atoms in total. The Balaban J connectivity index is 1.78. The molecule has 1 saturated carbocycles. The van der Waals surface area contributed by atoms with Crippen LogP contribution in [0.3, 0.4) is 0 Å². The first-order valence-corrected chi connectivity index (χ1v) is 11.6. The highest BCUT2D eigenvalue weighted by molar-refractivity contribution is 5.95. The van der Waals surface area contributed by atoms with Crippen molar-refractivity contribution in [3.63, 3.8) is 0 Å². The van der Waals surface area contributed by atoms with E-state index in [4.69, 9.17) is 15.7 Å². The Morgan fingerprint density at radius 1 is 1.16 bits per heavy atom. The molecule has 1 aromatic carbocycles. The molecule has 2 N–H and O–H groups in total. The minimum Gasteiger partial charge on any atom is -0.365 e.